The van der Waals surface area contributed by atoms with Gasteiger partial charge < -0.3 is 58.1 Å². The third-order valence-corrected chi connectivity index (χ3v) is 7.72. The van der Waals surface area contributed by atoms with Crippen molar-refractivity contribution in [3.05, 3.63) is 35.5 Å². The standard InChI is InChI=1S/C33H51N9O9/c1-20-6-7-23-22(18-40-26(23)16-20)17-27(31(48)38-12-9-25(33(50)51)41-28(44)4-3-5-30(46)47)42-32(49)24(8-11-35-13-10-34)36-14-15-37-29(45)19-39-21(2)43/h6-7,16,18,24-25,27,35-36,40H,3-5,8-15,17,19,34H2,1-2H3,(H,37,45)(H,38,48)(H,39,43)(H,41,44)(H,42,49)(H,46,47)(H,50,51)/t24-,25+,27+/m0/s1. The highest BCUT2D eigenvalue weighted by Crippen LogP contribution is 2.21. The molecule has 0 aliphatic rings. The maximum absolute atomic E-state index is 13.7. The fourth-order valence-electron chi connectivity index (χ4n) is 5.07. The van der Waals surface area contributed by atoms with Crippen LogP contribution >= 0.6 is 0 Å². The number of benzene rings is 1. The number of hydrogen-bond acceptors (Lipinski definition) is 10. The quantitative estimate of drug-likeness (QED) is 0.0497. The van der Waals surface area contributed by atoms with E-state index < -0.39 is 53.7 Å². The molecule has 0 aliphatic heterocycles. The summed E-state index contributed by atoms with van der Waals surface area (Å²) in [5, 5.41) is 38.4. The van der Waals surface area contributed by atoms with Gasteiger partial charge in [0.25, 0.3) is 0 Å². The van der Waals surface area contributed by atoms with Crippen LogP contribution in [0.2, 0.25) is 0 Å². The van der Waals surface area contributed by atoms with Gasteiger partial charge in [0, 0.05) is 76.0 Å². The van der Waals surface area contributed by atoms with Gasteiger partial charge in [-0.3, -0.25) is 28.8 Å². The van der Waals surface area contributed by atoms with Crippen LogP contribution in [0.15, 0.2) is 24.4 Å². The fraction of sp³-hybridized carbons (Fsp3) is 0.545. The number of amides is 5. The van der Waals surface area contributed by atoms with E-state index in [-0.39, 0.29) is 64.2 Å². The predicted octanol–water partition coefficient (Wildman–Crippen LogP) is -2.02. The summed E-state index contributed by atoms with van der Waals surface area (Å²) in [4.78, 5) is 88.2. The molecule has 51 heavy (non-hydrogen) atoms. The molecule has 0 bridgehead atoms. The number of carbonyl (C=O) groups is 7. The molecule has 0 aliphatic carbocycles. The maximum Gasteiger partial charge on any atom is 0.326 e. The lowest BCUT2D eigenvalue weighted by molar-refractivity contribution is -0.142. The van der Waals surface area contributed by atoms with E-state index in [0.29, 0.717) is 26.1 Å². The van der Waals surface area contributed by atoms with E-state index in [9.17, 15) is 38.7 Å². The molecular weight excluding hydrogens is 666 g/mol. The van der Waals surface area contributed by atoms with E-state index in [1.165, 1.54) is 6.92 Å². The summed E-state index contributed by atoms with van der Waals surface area (Å²) in [6, 6.07) is 2.61. The van der Waals surface area contributed by atoms with Gasteiger partial charge in [-0.2, -0.15) is 0 Å². The Morgan fingerprint density at radius 3 is 2.24 bits per heavy atom. The number of aromatic amines is 1. The zero-order chi connectivity index (χ0) is 37.8. The topological polar surface area (TPSA) is 286 Å². The molecular formula is C33H51N9O9. The van der Waals surface area contributed by atoms with Crippen LogP contribution in [-0.2, 0) is 40.0 Å². The average molecular weight is 718 g/mol. The summed E-state index contributed by atoms with van der Waals surface area (Å²) in [6.45, 7) is 4.64. The van der Waals surface area contributed by atoms with E-state index in [0.717, 1.165) is 22.0 Å². The molecule has 2 rings (SSSR count). The van der Waals surface area contributed by atoms with Crippen LogP contribution in [0, 0.1) is 6.92 Å². The van der Waals surface area contributed by atoms with Crippen LogP contribution in [0.5, 0.6) is 0 Å². The Kier molecular flexibility index (Phi) is 18.7. The van der Waals surface area contributed by atoms with Crippen molar-refractivity contribution in [2.75, 3.05) is 45.8 Å². The number of aromatic nitrogens is 1. The summed E-state index contributed by atoms with van der Waals surface area (Å²) < 4.78 is 0. The SMILES string of the molecule is CC(=O)NCC(=O)NCCN[C@@H](CCNCCN)C(=O)N[C@H](Cc1c[nH]c2cc(C)ccc12)C(=O)NCC[C@@H](NC(=O)CCCC(=O)O)C(=O)O. The molecule has 0 radical (unpaired) electrons. The number of aryl methyl sites for hydroxylation is 1. The molecule has 1 aromatic heterocycles. The van der Waals surface area contributed by atoms with Crippen molar-refractivity contribution in [3.8, 4) is 0 Å². The number of aliphatic carboxylic acids is 2. The summed E-state index contributed by atoms with van der Waals surface area (Å²) >= 11 is 0. The number of nitrogens with one attached hydrogen (secondary N) is 8. The van der Waals surface area contributed by atoms with Gasteiger partial charge in [-0.05, 0) is 49.9 Å². The van der Waals surface area contributed by atoms with Gasteiger partial charge in [0.05, 0.1) is 12.6 Å². The highest BCUT2D eigenvalue weighted by molar-refractivity contribution is 5.91. The smallest absolute Gasteiger partial charge is 0.326 e. The van der Waals surface area contributed by atoms with Crippen LogP contribution in [0.25, 0.3) is 10.9 Å². The lowest BCUT2D eigenvalue weighted by Crippen LogP contribution is -2.55. The van der Waals surface area contributed by atoms with Gasteiger partial charge in [-0.25, -0.2) is 4.79 Å². The van der Waals surface area contributed by atoms with Crippen LogP contribution in [0.4, 0.5) is 0 Å². The fourth-order valence-corrected chi connectivity index (χ4v) is 5.07. The van der Waals surface area contributed by atoms with Crippen molar-refractivity contribution in [2.24, 2.45) is 5.73 Å². The summed E-state index contributed by atoms with van der Waals surface area (Å²) in [7, 11) is 0. The van der Waals surface area contributed by atoms with E-state index in [4.69, 9.17) is 10.8 Å². The third kappa shape index (κ3) is 16.5. The van der Waals surface area contributed by atoms with Gasteiger partial charge in [0.2, 0.25) is 29.5 Å². The van der Waals surface area contributed by atoms with Crippen molar-refractivity contribution < 1.29 is 43.8 Å². The van der Waals surface area contributed by atoms with Crippen LogP contribution < -0.4 is 43.0 Å². The molecule has 0 unspecified atom stereocenters. The zero-order valence-electron chi connectivity index (χ0n) is 29.1. The predicted molar refractivity (Wildman–Crippen MR) is 187 cm³/mol. The zero-order valence-corrected chi connectivity index (χ0v) is 29.1. The number of rotatable bonds is 25. The maximum atomic E-state index is 13.7. The molecule has 1 heterocycles. The van der Waals surface area contributed by atoms with Crippen molar-refractivity contribution in [3.63, 3.8) is 0 Å². The molecule has 0 spiro atoms. The van der Waals surface area contributed by atoms with Gasteiger partial charge in [0.1, 0.15) is 12.1 Å². The third-order valence-electron chi connectivity index (χ3n) is 7.72. The molecule has 2 aromatic rings. The number of carbonyl (C=O) groups excluding carboxylic acids is 5. The Labute approximate surface area is 295 Å². The molecule has 0 fully saturated rings. The minimum absolute atomic E-state index is 0.0468. The molecule has 5 amide bonds. The van der Waals surface area contributed by atoms with Crippen LogP contribution in [0.1, 0.15) is 50.2 Å². The Hall–Kier alpha value is -5.07. The van der Waals surface area contributed by atoms with E-state index in [1.807, 2.05) is 25.1 Å². The van der Waals surface area contributed by atoms with Crippen LogP contribution in [-0.4, -0.2) is 121 Å². The van der Waals surface area contributed by atoms with Crippen molar-refractivity contribution >= 4 is 52.4 Å². The van der Waals surface area contributed by atoms with Gasteiger partial charge in [-0.1, -0.05) is 12.1 Å². The minimum Gasteiger partial charge on any atom is -0.481 e. The first-order valence-electron chi connectivity index (χ1n) is 16.8. The molecule has 18 nitrogen and oxygen atoms in total. The molecule has 18 heteroatoms. The lowest BCUT2D eigenvalue weighted by Gasteiger charge is -2.24. The monoisotopic (exact) mass is 717 g/mol. The second kappa shape index (κ2) is 22.6. The first kappa shape index (κ1) is 42.1. The van der Waals surface area contributed by atoms with Crippen molar-refractivity contribution in [1.82, 2.24) is 42.2 Å². The Balaban J connectivity index is 2.15. The van der Waals surface area contributed by atoms with E-state index in [1.54, 1.807) is 6.20 Å². The number of carboxylic acids is 2. The van der Waals surface area contributed by atoms with Crippen molar-refractivity contribution in [2.45, 2.75) is 70.5 Å². The molecule has 12 N–H and O–H groups in total. The van der Waals surface area contributed by atoms with Crippen LogP contribution in [0.3, 0.4) is 0 Å². The Morgan fingerprint density at radius 2 is 1.55 bits per heavy atom. The number of carboxylic acid groups (broad SMARTS) is 2. The highest BCUT2D eigenvalue weighted by atomic mass is 16.4. The highest BCUT2D eigenvalue weighted by Gasteiger charge is 2.27. The normalized spacial score (nSPS) is 12.7. The van der Waals surface area contributed by atoms with Crippen molar-refractivity contribution in [1.29, 1.82) is 0 Å². The number of H-pyrrole nitrogens is 1. The van der Waals surface area contributed by atoms with E-state index in [2.05, 4.69) is 42.2 Å². The molecule has 1 aromatic carbocycles. The largest absolute Gasteiger partial charge is 0.481 e. The number of fused-ring (bicyclic) bond motifs is 1. The Bertz CT molecular complexity index is 1500. The number of nitrogens with two attached hydrogens (primary N) is 1. The average Bonchev–Trinajstić information content (AvgIpc) is 3.46. The Morgan fingerprint density at radius 1 is 0.804 bits per heavy atom. The van der Waals surface area contributed by atoms with Gasteiger partial charge in [0.15, 0.2) is 0 Å². The molecule has 0 saturated heterocycles. The second-order valence-corrected chi connectivity index (χ2v) is 12.0. The molecule has 3 atom stereocenters. The van der Waals surface area contributed by atoms with Gasteiger partial charge >= 0.3 is 11.9 Å². The summed E-state index contributed by atoms with van der Waals surface area (Å²) in [5.74, 6) is -4.82. The number of hydrogen-bond donors (Lipinski definition) is 11. The lowest BCUT2D eigenvalue weighted by atomic mass is 10.0. The minimum atomic E-state index is -1.33. The molecule has 0 saturated carbocycles. The first-order chi connectivity index (χ1) is 24.3. The summed E-state index contributed by atoms with van der Waals surface area (Å²) in [5.41, 5.74) is 8.22. The summed E-state index contributed by atoms with van der Waals surface area (Å²) in [6.07, 6.45) is 1.66. The second-order valence-electron chi connectivity index (χ2n) is 12.0. The molecule has 282 valence electrons. The van der Waals surface area contributed by atoms with Gasteiger partial charge in [-0.15, -0.1) is 0 Å². The first-order valence-corrected chi connectivity index (χ1v) is 16.8. The van der Waals surface area contributed by atoms with E-state index >= 15 is 0 Å².